The Bertz CT molecular complexity index is 567. The zero-order chi connectivity index (χ0) is 15.7. The van der Waals surface area contributed by atoms with Gasteiger partial charge in [-0.1, -0.05) is 15.9 Å². The van der Waals surface area contributed by atoms with Gasteiger partial charge in [0.2, 0.25) is 0 Å². The third-order valence-electron chi connectivity index (χ3n) is 3.51. The topological polar surface area (TPSA) is 89.9 Å². The van der Waals surface area contributed by atoms with Crippen LogP contribution in [0, 0.1) is 13.8 Å². The molecule has 1 aromatic carbocycles. The number of anilines is 1. The predicted molar refractivity (Wildman–Crippen MR) is 81.4 cm³/mol. The molecule has 0 aliphatic carbocycles. The van der Waals surface area contributed by atoms with E-state index in [2.05, 4.69) is 21.2 Å². The molecule has 0 aromatic heterocycles. The molecule has 21 heavy (non-hydrogen) atoms. The van der Waals surface area contributed by atoms with E-state index in [1.54, 1.807) is 12.1 Å². The van der Waals surface area contributed by atoms with Crippen molar-refractivity contribution in [1.29, 1.82) is 0 Å². The van der Waals surface area contributed by atoms with Gasteiger partial charge in [-0.05, 0) is 37.1 Å². The molecule has 3 N–H and O–H groups in total. The Morgan fingerprint density at radius 1 is 1.33 bits per heavy atom. The highest BCUT2D eigenvalue weighted by Gasteiger charge is 2.39. The smallest absolute Gasteiger partial charge is 0.326 e. The van der Waals surface area contributed by atoms with E-state index in [9.17, 15) is 14.7 Å². The fourth-order valence-electron chi connectivity index (χ4n) is 2.49. The average Bonchev–Trinajstić information content (AvgIpc) is 2.78. The molecule has 1 aliphatic heterocycles. The summed E-state index contributed by atoms with van der Waals surface area (Å²) < 4.78 is 0.973. The number of nitrogens with one attached hydrogen (secondary N) is 1. The number of aryl methyl sites for hydroxylation is 2. The van der Waals surface area contributed by atoms with Gasteiger partial charge in [-0.2, -0.15) is 0 Å². The number of aliphatic hydroxyl groups is 1. The highest BCUT2D eigenvalue weighted by molar-refractivity contribution is 9.10. The van der Waals surface area contributed by atoms with Crippen molar-refractivity contribution in [1.82, 2.24) is 4.90 Å². The molecule has 0 radical (unpaired) electrons. The number of amides is 2. The maximum absolute atomic E-state index is 12.2. The fraction of sp³-hybridized carbons (Fsp3) is 0.429. The summed E-state index contributed by atoms with van der Waals surface area (Å²) in [6, 6.07) is 2.10. The summed E-state index contributed by atoms with van der Waals surface area (Å²) in [4.78, 5) is 24.5. The number of hydrogen-bond acceptors (Lipinski definition) is 3. The average molecular weight is 357 g/mol. The lowest BCUT2D eigenvalue weighted by Crippen LogP contribution is -2.43. The summed E-state index contributed by atoms with van der Waals surface area (Å²) in [5, 5.41) is 21.4. The third kappa shape index (κ3) is 3.36. The number of likely N-dealkylation sites (tertiary alicyclic amines) is 1. The van der Waals surface area contributed by atoms with Gasteiger partial charge in [-0.25, -0.2) is 9.59 Å². The van der Waals surface area contributed by atoms with Crippen LogP contribution in [0.3, 0.4) is 0 Å². The van der Waals surface area contributed by atoms with Crippen molar-refractivity contribution in [2.75, 3.05) is 11.9 Å². The maximum atomic E-state index is 12.2. The predicted octanol–water partition coefficient (Wildman–Crippen LogP) is 2.12. The molecule has 2 atom stereocenters. The second kappa shape index (κ2) is 6.03. The summed E-state index contributed by atoms with van der Waals surface area (Å²) >= 11 is 3.45. The number of carbonyl (C=O) groups excluding carboxylic acids is 1. The lowest BCUT2D eigenvalue weighted by Gasteiger charge is -2.22. The van der Waals surface area contributed by atoms with E-state index < -0.39 is 24.1 Å². The molecule has 114 valence electrons. The quantitative estimate of drug-likeness (QED) is 0.756. The molecule has 0 bridgehead atoms. The van der Waals surface area contributed by atoms with E-state index >= 15 is 0 Å². The Kier molecular flexibility index (Phi) is 4.53. The van der Waals surface area contributed by atoms with Crippen LogP contribution in [0.2, 0.25) is 0 Å². The van der Waals surface area contributed by atoms with Crippen molar-refractivity contribution in [3.8, 4) is 0 Å². The number of β-amino-alcohol motifs (C(OH)–C–C–N with tert-alkyl or cyclic N) is 1. The number of nitrogens with zero attached hydrogens (tertiary/aromatic N) is 1. The molecule has 1 heterocycles. The molecule has 2 amide bonds. The lowest BCUT2D eigenvalue weighted by molar-refractivity contribution is -0.141. The minimum Gasteiger partial charge on any atom is -0.480 e. The molecule has 0 unspecified atom stereocenters. The summed E-state index contributed by atoms with van der Waals surface area (Å²) in [7, 11) is 0. The van der Waals surface area contributed by atoms with Crippen molar-refractivity contribution in [2.24, 2.45) is 0 Å². The summed E-state index contributed by atoms with van der Waals surface area (Å²) in [5.74, 6) is -1.11. The van der Waals surface area contributed by atoms with E-state index in [4.69, 9.17) is 5.11 Å². The van der Waals surface area contributed by atoms with Gasteiger partial charge in [-0.3, -0.25) is 0 Å². The number of carbonyl (C=O) groups is 2. The van der Waals surface area contributed by atoms with Gasteiger partial charge in [-0.15, -0.1) is 0 Å². The molecule has 2 rings (SSSR count). The van der Waals surface area contributed by atoms with Gasteiger partial charge in [0.05, 0.1) is 6.10 Å². The minimum atomic E-state index is -1.11. The first-order valence-corrected chi connectivity index (χ1v) is 7.34. The Morgan fingerprint density at radius 3 is 2.43 bits per heavy atom. The maximum Gasteiger partial charge on any atom is 0.326 e. The van der Waals surface area contributed by atoms with Gasteiger partial charge in [0.25, 0.3) is 0 Å². The lowest BCUT2D eigenvalue weighted by atomic mass is 10.1. The Labute approximate surface area is 130 Å². The normalized spacial score (nSPS) is 21.4. The molecular weight excluding hydrogens is 340 g/mol. The van der Waals surface area contributed by atoms with Crippen LogP contribution in [0.25, 0.3) is 0 Å². The van der Waals surface area contributed by atoms with Gasteiger partial charge in [0.1, 0.15) is 6.04 Å². The van der Waals surface area contributed by atoms with Crippen LogP contribution in [0.1, 0.15) is 17.5 Å². The van der Waals surface area contributed by atoms with E-state index in [0.29, 0.717) is 5.69 Å². The van der Waals surface area contributed by atoms with Crippen LogP contribution >= 0.6 is 15.9 Å². The zero-order valence-corrected chi connectivity index (χ0v) is 13.3. The molecule has 6 nitrogen and oxygen atoms in total. The molecule has 0 spiro atoms. The standard InChI is InChI=1S/C14H17BrN2O4/c1-7-3-9(4-8(2)12(7)15)16-14(21)17-6-10(18)5-11(17)13(19)20/h3-4,10-11,18H,5-6H2,1-2H3,(H,16,21)(H,19,20)/t10-,11-/m0/s1. The van der Waals surface area contributed by atoms with Crippen molar-refractivity contribution in [3.63, 3.8) is 0 Å². The van der Waals surface area contributed by atoms with Crippen LogP contribution in [0.5, 0.6) is 0 Å². The van der Waals surface area contributed by atoms with Crippen LogP contribution in [-0.2, 0) is 4.79 Å². The second-order valence-electron chi connectivity index (χ2n) is 5.25. The summed E-state index contributed by atoms with van der Waals surface area (Å²) in [5.41, 5.74) is 2.55. The van der Waals surface area contributed by atoms with Crippen LogP contribution in [-0.4, -0.2) is 45.8 Å². The van der Waals surface area contributed by atoms with Crippen molar-refractivity contribution in [3.05, 3.63) is 27.7 Å². The Morgan fingerprint density at radius 2 is 1.90 bits per heavy atom. The number of aliphatic carboxylic acids is 1. The van der Waals surface area contributed by atoms with Gasteiger partial charge < -0.3 is 20.4 Å². The second-order valence-corrected chi connectivity index (χ2v) is 6.04. The van der Waals surface area contributed by atoms with Gasteiger partial charge in [0, 0.05) is 23.1 Å². The molecule has 1 aromatic rings. The molecule has 7 heteroatoms. The number of halogens is 1. The number of urea groups is 1. The third-order valence-corrected chi connectivity index (χ3v) is 4.76. The minimum absolute atomic E-state index is 0.0251. The summed E-state index contributed by atoms with van der Waals surface area (Å²) in [6.07, 6.45) is -0.744. The van der Waals surface area contributed by atoms with Crippen LogP contribution in [0.15, 0.2) is 16.6 Å². The number of carboxylic acids is 1. The van der Waals surface area contributed by atoms with Crippen molar-refractivity contribution >= 4 is 33.6 Å². The molecule has 1 aliphatic rings. The van der Waals surface area contributed by atoms with Gasteiger partial charge >= 0.3 is 12.0 Å². The molecule has 0 saturated carbocycles. The highest BCUT2D eigenvalue weighted by Crippen LogP contribution is 2.26. The first-order valence-electron chi connectivity index (χ1n) is 6.55. The van der Waals surface area contributed by atoms with Crippen LogP contribution < -0.4 is 5.32 Å². The SMILES string of the molecule is Cc1cc(NC(=O)N2C[C@@H](O)C[C@H]2C(=O)O)cc(C)c1Br. The summed E-state index contributed by atoms with van der Waals surface area (Å²) in [6.45, 7) is 3.84. The Balaban J connectivity index is 2.16. The first kappa shape index (κ1) is 15.8. The van der Waals surface area contributed by atoms with E-state index in [1.165, 1.54) is 0 Å². The molecule has 1 fully saturated rings. The molecular formula is C14H17BrN2O4. The number of carboxylic acid groups (broad SMARTS) is 1. The van der Waals surface area contributed by atoms with E-state index in [-0.39, 0.29) is 13.0 Å². The first-order chi connectivity index (χ1) is 9.79. The largest absolute Gasteiger partial charge is 0.480 e. The number of rotatable bonds is 2. The monoisotopic (exact) mass is 356 g/mol. The number of benzene rings is 1. The van der Waals surface area contributed by atoms with Gasteiger partial charge in [0.15, 0.2) is 0 Å². The zero-order valence-electron chi connectivity index (χ0n) is 11.8. The van der Waals surface area contributed by atoms with Crippen LogP contribution in [0.4, 0.5) is 10.5 Å². The van der Waals surface area contributed by atoms with Crippen molar-refractivity contribution in [2.45, 2.75) is 32.4 Å². The number of hydrogen-bond donors (Lipinski definition) is 3. The molecule has 1 saturated heterocycles. The number of aliphatic hydroxyl groups excluding tert-OH is 1. The fourth-order valence-corrected chi connectivity index (χ4v) is 2.71. The van der Waals surface area contributed by atoms with E-state index in [1.807, 2.05) is 13.8 Å². The van der Waals surface area contributed by atoms with E-state index in [0.717, 1.165) is 20.5 Å². The van der Waals surface area contributed by atoms with Crippen molar-refractivity contribution < 1.29 is 19.8 Å². The highest BCUT2D eigenvalue weighted by atomic mass is 79.9. The Hall–Kier alpha value is -1.60.